The van der Waals surface area contributed by atoms with Gasteiger partial charge in [-0.2, -0.15) is 0 Å². The van der Waals surface area contributed by atoms with Gasteiger partial charge in [-0.15, -0.1) is 11.3 Å². The molecule has 0 saturated heterocycles. The van der Waals surface area contributed by atoms with Gasteiger partial charge in [-0.3, -0.25) is 4.79 Å². The Labute approximate surface area is 120 Å². The summed E-state index contributed by atoms with van der Waals surface area (Å²) < 4.78 is 0. The highest BCUT2D eigenvalue weighted by Crippen LogP contribution is 2.29. The minimum atomic E-state index is -0.00340. The number of aryl methyl sites for hydroxylation is 2. The molecule has 108 valence electrons. The molecular weight excluding hydrogens is 258 g/mol. The van der Waals surface area contributed by atoms with Gasteiger partial charge in [0.1, 0.15) is 0 Å². The van der Waals surface area contributed by atoms with Crippen molar-refractivity contribution in [3.63, 3.8) is 0 Å². The predicted molar refractivity (Wildman–Crippen MR) is 80.5 cm³/mol. The summed E-state index contributed by atoms with van der Waals surface area (Å²) in [6.07, 6.45) is 0.950. The van der Waals surface area contributed by atoms with Crippen molar-refractivity contribution in [1.82, 2.24) is 15.2 Å². The molecule has 2 atom stereocenters. The van der Waals surface area contributed by atoms with Crippen molar-refractivity contribution in [2.45, 2.75) is 40.2 Å². The molecule has 19 heavy (non-hydrogen) atoms. The number of hydrogen-bond acceptors (Lipinski definition) is 4. The molecule has 2 unspecified atom stereocenters. The molecule has 0 aromatic carbocycles. The van der Waals surface area contributed by atoms with Crippen LogP contribution >= 0.6 is 11.3 Å². The van der Waals surface area contributed by atoms with Gasteiger partial charge in [0, 0.05) is 24.4 Å². The van der Waals surface area contributed by atoms with E-state index >= 15 is 0 Å². The molecule has 4 nitrogen and oxygen atoms in total. The average Bonchev–Trinajstić information content (AvgIpc) is 2.77. The zero-order valence-corrected chi connectivity index (χ0v) is 13.6. The van der Waals surface area contributed by atoms with Crippen LogP contribution in [-0.2, 0) is 11.2 Å². The third-order valence-electron chi connectivity index (χ3n) is 3.42. The summed E-state index contributed by atoms with van der Waals surface area (Å²) in [5, 5.41) is 4.19. The highest BCUT2D eigenvalue weighted by Gasteiger charge is 2.24. The van der Waals surface area contributed by atoms with Crippen LogP contribution in [-0.4, -0.2) is 36.4 Å². The Hall–Kier alpha value is -0.940. The number of hydrogen-bond donors (Lipinski definition) is 1. The minimum Gasteiger partial charge on any atom is -0.338 e. The van der Waals surface area contributed by atoms with E-state index in [0.29, 0.717) is 6.54 Å². The van der Waals surface area contributed by atoms with Crippen molar-refractivity contribution >= 4 is 17.2 Å². The third-order valence-corrected chi connectivity index (χ3v) is 4.89. The number of nitrogens with one attached hydrogen (secondary N) is 1. The number of carbonyl (C=O) groups excluding carboxylic acids is 1. The Morgan fingerprint density at radius 3 is 2.58 bits per heavy atom. The van der Waals surface area contributed by atoms with Crippen LogP contribution in [0.3, 0.4) is 0 Å². The quantitative estimate of drug-likeness (QED) is 0.872. The molecular formula is C14H25N3OS. The number of thiazole rings is 1. The molecule has 0 aliphatic carbocycles. The van der Waals surface area contributed by atoms with Crippen LogP contribution in [0.1, 0.15) is 42.4 Å². The topological polar surface area (TPSA) is 45.2 Å². The summed E-state index contributed by atoms with van der Waals surface area (Å²) in [5.41, 5.74) is 1.05. The second-order valence-corrected chi connectivity index (χ2v) is 6.11. The van der Waals surface area contributed by atoms with Gasteiger partial charge < -0.3 is 10.2 Å². The first-order chi connectivity index (χ1) is 8.92. The first-order valence-electron chi connectivity index (χ1n) is 6.79. The van der Waals surface area contributed by atoms with Gasteiger partial charge in [0.25, 0.3) is 0 Å². The zero-order valence-electron chi connectivity index (χ0n) is 12.8. The second-order valence-electron chi connectivity index (χ2n) is 4.99. The molecule has 1 aromatic rings. The highest BCUT2D eigenvalue weighted by molar-refractivity contribution is 7.11. The van der Waals surface area contributed by atoms with E-state index in [-0.39, 0.29) is 17.9 Å². The Bertz CT molecular complexity index is 430. The Kier molecular flexibility index (Phi) is 5.94. The van der Waals surface area contributed by atoms with E-state index in [2.05, 4.69) is 24.1 Å². The van der Waals surface area contributed by atoms with Crippen molar-refractivity contribution < 1.29 is 4.79 Å². The van der Waals surface area contributed by atoms with Crippen LogP contribution in [0.25, 0.3) is 0 Å². The lowest BCUT2D eigenvalue weighted by Gasteiger charge is -2.27. The molecule has 0 spiro atoms. The highest BCUT2D eigenvalue weighted by atomic mass is 32.1. The molecule has 1 amide bonds. The summed E-state index contributed by atoms with van der Waals surface area (Å²) >= 11 is 1.72. The molecule has 1 aromatic heterocycles. The number of rotatable bonds is 6. The summed E-state index contributed by atoms with van der Waals surface area (Å²) in [4.78, 5) is 19.9. The van der Waals surface area contributed by atoms with Gasteiger partial charge in [-0.05, 0) is 27.3 Å². The molecule has 1 heterocycles. The Morgan fingerprint density at radius 1 is 1.47 bits per heavy atom. The van der Waals surface area contributed by atoms with Gasteiger partial charge >= 0.3 is 0 Å². The average molecular weight is 283 g/mol. The van der Waals surface area contributed by atoms with E-state index in [1.165, 1.54) is 4.88 Å². The number of carbonyl (C=O) groups is 1. The summed E-state index contributed by atoms with van der Waals surface area (Å²) in [7, 11) is 3.75. The number of nitrogens with zero attached hydrogens (tertiary/aromatic N) is 2. The first-order valence-corrected chi connectivity index (χ1v) is 7.61. The van der Waals surface area contributed by atoms with E-state index in [1.54, 1.807) is 11.3 Å². The molecule has 1 N–H and O–H groups in total. The van der Waals surface area contributed by atoms with Crippen LogP contribution in [0.2, 0.25) is 0 Å². The molecule has 0 bridgehead atoms. The van der Waals surface area contributed by atoms with Crippen LogP contribution < -0.4 is 5.32 Å². The van der Waals surface area contributed by atoms with Crippen LogP contribution in [0.15, 0.2) is 0 Å². The largest absolute Gasteiger partial charge is 0.338 e. The standard InChI is InChI=1S/C14H25N3OS/c1-7-12-16-10(3)13(19-12)11(4)17(6)14(18)9(2)8-15-5/h9,11,15H,7-8H2,1-6H3. The van der Waals surface area contributed by atoms with Crippen LogP contribution in [0, 0.1) is 12.8 Å². The SMILES string of the molecule is CCc1nc(C)c(C(C)N(C)C(=O)C(C)CNC)s1. The molecule has 5 heteroatoms. The summed E-state index contributed by atoms with van der Waals surface area (Å²) in [5.74, 6) is 0.170. The summed E-state index contributed by atoms with van der Waals surface area (Å²) in [6, 6.07) is 0.0876. The van der Waals surface area contributed by atoms with E-state index in [1.807, 2.05) is 32.8 Å². The van der Waals surface area contributed by atoms with Crippen molar-refractivity contribution in [2.75, 3.05) is 20.6 Å². The molecule has 0 aliphatic heterocycles. The van der Waals surface area contributed by atoms with Gasteiger partial charge in [0.15, 0.2) is 0 Å². The van der Waals surface area contributed by atoms with Crippen molar-refractivity contribution in [2.24, 2.45) is 5.92 Å². The maximum atomic E-state index is 12.3. The fourth-order valence-corrected chi connectivity index (χ4v) is 3.22. The summed E-state index contributed by atoms with van der Waals surface area (Å²) in [6.45, 7) is 8.87. The molecule has 0 aliphatic rings. The lowest BCUT2D eigenvalue weighted by atomic mass is 10.1. The van der Waals surface area contributed by atoms with Gasteiger partial charge in [0.05, 0.1) is 16.7 Å². The van der Waals surface area contributed by atoms with Gasteiger partial charge in [0.2, 0.25) is 5.91 Å². The van der Waals surface area contributed by atoms with E-state index in [4.69, 9.17) is 0 Å². The molecule has 0 radical (unpaired) electrons. The monoisotopic (exact) mass is 283 g/mol. The van der Waals surface area contributed by atoms with E-state index in [9.17, 15) is 4.79 Å². The molecule has 1 rings (SSSR count). The fraction of sp³-hybridized carbons (Fsp3) is 0.714. The van der Waals surface area contributed by atoms with Crippen molar-refractivity contribution in [3.8, 4) is 0 Å². The number of amides is 1. The lowest BCUT2D eigenvalue weighted by Crippen LogP contribution is -2.37. The third kappa shape index (κ3) is 3.76. The molecule has 0 fully saturated rings. The first kappa shape index (κ1) is 16.1. The normalized spacial score (nSPS) is 14.2. The minimum absolute atomic E-state index is 0.00340. The Balaban J connectivity index is 2.83. The maximum absolute atomic E-state index is 12.3. The van der Waals surface area contributed by atoms with Crippen LogP contribution in [0.5, 0.6) is 0 Å². The van der Waals surface area contributed by atoms with Gasteiger partial charge in [-0.1, -0.05) is 13.8 Å². The van der Waals surface area contributed by atoms with Crippen molar-refractivity contribution in [3.05, 3.63) is 15.6 Å². The molecule has 0 saturated carbocycles. The second kappa shape index (κ2) is 7.01. The predicted octanol–water partition coefficient (Wildman–Crippen LogP) is 2.39. The fourth-order valence-electron chi connectivity index (χ4n) is 2.11. The zero-order chi connectivity index (χ0) is 14.6. The van der Waals surface area contributed by atoms with E-state index < -0.39 is 0 Å². The van der Waals surface area contributed by atoms with Crippen LogP contribution in [0.4, 0.5) is 0 Å². The van der Waals surface area contributed by atoms with Gasteiger partial charge in [-0.25, -0.2) is 4.98 Å². The smallest absolute Gasteiger partial charge is 0.226 e. The lowest BCUT2D eigenvalue weighted by molar-refractivity contribution is -0.135. The Morgan fingerprint density at radius 2 is 2.11 bits per heavy atom. The maximum Gasteiger partial charge on any atom is 0.226 e. The van der Waals surface area contributed by atoms with E-state index in [0.717, 1.165) is 17.1 Å². The number of aromatic nitrogens is 1. The van der Waals surface area contributed by atoms with Crippen molar-refractivity contribution in [1.29, 1.82) is 0 Å².